The number of rotatable bonds is 3. The summed E-state index contributed by atoms with van der Waals surface area (Å²) in [6, 6.07) is 14.1. The Labute approximate surface area is 119 Å². The van der Waals surface area contributed by atoms with E-state index in [1.807, 2.05) is 6.07 Å². The number of carbonyl (C=O) groups excluding carboxylic acids is 1. The van der Waals surface area contributed by atoms with Crippen LogP contribution in [0.5, 0.6) is 11.5 Å². The van der Waals surface area contributed by atoms with Crippen LogP contribution in [-0.2, 0) is 0 Å². The molecule has 1 N–H and O–H groups in total. The van der Waals surface area contributed by atoms with Gasteiger partial charge >= 0.3 is 6.09 Å². The van der Waals surface area contributed by atoms with Gasteiger partial charge in [-0.05, 0) is 40.2 Å². The minimum absolute atomic E-state index is 0.490. The Bertz CT molecular complexity index is 572. The smallest absolute Gasteiger partial charge is 0.417 e. The summed E-state index contributed by atoms with van der Waals surface area (Å²) in [6.07, 6.45) is -0.546. The molecule has 2 aromatic carbocycles. The van der Waals surface area contributed by atoms with Crippen LogP contribution in [0, 0.1) is 0 Å². The predicted molar refractivity (Wildman–Crippen MR) is 76.8 cm³/mol. The maximum Gasteiger partial charge on any atom is 0.417 e. The highest BCUT2D eigenvalue weighted by molar-refractivity contribution is 9.10. The predicted octanol–water partition coefficient (Wildman–Crippen LogP) is 4.07. The number of benzene rings is 2. The third-order valence-electron chi connectivity index (χ3n) is 2.35. The number of anilines is 1. The molecule has 0 aromatic heterocycles. The standard InChI is InChI=1S/C14H12BrNO3/c1-18-13-9-10(7-8-12(13)15)16-14(17)19-11-5-3-2-4-6-11/h2-9H,1H3,(H,16,17). The zero-order valence-corrected chi connectivity index (χ0v) is 11.8. The second kappa shape index (κ2) is 6.24. The molecule has 4 nitrogen and oxygen atoms in total. The normalized spacial score (nSPS) is 9.79. The number of hydrogen-bond donors (Lipinski definition) is 1. The number of ether oxygens (including phenoxy) is 2. The minimum Gasteiger partial charge on any atom is -0.495 e. The summed E-state index contributed by atoms with van der Waals surface area (Å²) < 4.78 is 11.1. The molecule has 0 heterocycles. The summed E-state index contributed by atoms with van der Waals surface area (Å²) in [7, 11) is 1.56. The van der Waals surface area contributed by atoms with Gasteiger partial charge in [0, 0.05) is 11.8 Å². The Morgan fingerprint density at radius 3 is 2.58 bits per heavy atom. The van der Waals surface area contributed by atoms with E-state index in [9.17, 15) is 4.79 Å². The molecule has 0 bridgehead atoms. The van der Waals surface area contributed by atoms with Crippen LogP contribution in [0.1, 0.15) is 0 Å². The quantitative estimate of drug-likeness (QED) is 0.927. The molecule has 0 aliphatic carbocycles. The van der Waals surface area contributed by atoms with Gasteiger partial charge in [0.25, 0.3) is 0 Å². The molecule has 1 amide bonds. The van der Waals surface area contributed by atoms with Gasteiger partial charge < -0.3 is 9.47 Å². The molecule has 0 saturated heterocycles. The van der Waals surface area contributed by atoms with Gasteiger partial charge in [-0.1, -0.05) is 18.2 Å². The van der Waals surface area contributed by atoms with E-state index in [-0.39, 0.29) is 0 Å². The molecule has 19 heavy (non-hydrogen) atoms. The SMILES string of the molecule is COc1cc(NC(=O)Oc2ccccc2)ccc1Br. The zero-order valence-electron chi connectivity index (χ0n) is 10.2. The van der Waals surface area contributed by atoms with E-state index in [4.69, 9.17) is 9.47 Å². The highest BCUT2D eigenvalue weighted by Crippen LogP contribution is 2.27. The highest BCUT2D eigenvalue weighted by Gasteiger charge is 2.07. The van der Waals surface area contributed by atoms with E-state index in [0.29, 0.717) is 17.2 Å². The first kappa shape index (κ1) is 13.4. The van der Waals surface area contributed by atoms with Crippen molar-refractivity contribution in [3.63, 3.8) is 0 Å². The van der Waals surface area contributed by atoms with Gasteiger partial charge in [0.15, 0.2) is 0 Å². The number of halogens is 1. The third-order valence-corrected chi connectivity index (χ3v) is 3.01. The summed E-state index contributed by atoms with van der Waals surface area (Å²) in [6.45, 7) is 0. The molecule has 2 rings (SSSR count). The van der Waals surface area contributed by atoms with Crippen molar-refractivity contribution in [1.29, 1.82) is 0 Å². The van der Waals surface area contributed by atoms with Crippen molar-refractivity contribution in [3.05, 3.63) is 53.0 Å². The van der Waals surface area contributed by atoms with Crippen LogP contribution in [-0.4, -0.2) is 13.2 Å². The maximum atomic E-state index is 11.7. The average molecular weight is 322 g/mol. The molecular formula is C14H12BrNO3. The number of para-hydroxylation sites is 1. The summed E-state index contributed by atoms with van der Waals surface area (Å²) >= 11 is 3.34. The Balaban J connectivity index is 2.03. The lowest BCUT2D eigenvalue weighted by Crippen LogP contribution is -2.16. The van der Waals surface area contributed by atoms with Crippen molar-refractivity contribution in [2.75, 3.05) is 12.4 Å². The molecule has 98 valence electrons. The Kier molecular flexibility index (Phi) is 4.41. The van der Waals surface area contributed by atoms with Gasteiger partial charge in [-0.2, -0.15) is 0 Å². The van der Waals surface area contributed by atoms with E-state index in [1.54, 1.807) is 49.6 Å². The maximum absolute atomic E-state index is 11.7. The molecule has 0 saturated carbocycles. The number of methoxy groups -OCH3 is 1. The van der Waals surface area contributed by atoms with Crippen LogP contribution in [0.3, 0.4) is 0 Å². The number of amides is 1. The van der Waals surface area contributed by atoms with E-state index in [0.717, 1.165) is 4.47 Å². The first-order valence-corrected chi connectivity index (χ1v) is 6.36. The van der Waals surface area contributed by atoms with E-state index in [1.165, 1.54) is 0 Å². The topological polar surface area (TPSA) is 47.6 Å². The molecule has 0 radical (unpaired) electrons. The summed E-state index contributed by atoms with van der Waals surface area (Å²) in [4.78, 5) is 11.7. The number of carbonyl (C=O) groups is 1. The van der Waals surface area contributed by atoms with Crippen molar-refractivity contribution in [3.8, 4) is 11.5 Å². The lowest BCUT2D eigenvalue weighted by Gasteiger charge is -2.09. The van der Waals surface area contributed by atoms with Crippen molar-refractivity contribution >= 4 is 27.7 Å². The largest absolute Gasteiger partial charge is 0.495 e. The van der Waals surface area contributed by atoms with Crippen molar-refractivity contribution in [1.82, 2.24) is 0 Å². The molecular weight excluding hydrogens is 310 g/mol. The molecule has 0 aliphatic heterocycles. The molecule has 0 fully saturated rings. The van der Waals surface area contributed by atoms with Crippen LogP contribution < -0.4 is 14.8 Å². The van der Waals surface area contributed by atoms with Crippen molar-refractivity contribution in [2.45, 2.75) is 0 Å². The highest BCUT2D eigenvalue weighted by atomic mass is 79.9. The lowest BCUT2D eigenvalue weighted by molar-refractivity contribution is 0.215. The molecule has 0 spiro atoms. The van der Waals surface area contributed by atoms with Gasteiger partial charge in [-0.3, -0.25) is 5.32 Å². The van der Waals surface area contributed by atoms with Gasteiger partial charge in [0.1, 0.15) is 11.5 Å². The number of hydrogen-bond acceptors (Lipinski definition) is 3. The molecule has 0 atom stereocenters. The number of nitrogens with one attached hydrogen (secondary N) is 1. The summed E-state index contributed by atoms with van der Waals surface area (Å²) in [5.41, 5.74) is 0.598. The van der Waals surface area contributed by atoms with Crippen LogP contribution in [0.25, 0.3) is 0 Å². The first-order chi connectivity index (χ1) is 9.19. The van der Waals surface area contributed by atoms with Gasteiger partial charge in [-0.15, -0.1) is 0 Å². The summed E-state index contributed by atoms with van der Waals surface area (Å²) in [5, 5.41) is 2.63. The fourth-order valence-corrected chi connectivity index (χ4v) is 1.88. The van der Waals surface area contributed by atoms with E-state index in [2.05, 4.69) is 21.2 Å². The minimum atomic E-state index is -0.546. The Hall–Kier alpha value is -2.01. The van der Waals surface area contributed by atoms with Crippen LogP contribution in [0.4, 0.5) is 10.5 Å². The fraction of sp³-hybridized carbons (Fsp3) is 0.0714. The fourth-order valence-electron chi connectivity index (χ4n) is 1.48. The van der Waals surface area contributed by atoms with E-state index >= 15 is 0 Å². The average Bonchev–Trinajstić information content (AvgIpc) is 2.42. The summed E-state index contributed by atoms with van der Waals surface area (Å²) in [5.74, 6) is 1.13. The lowest BCUT2D eigenvalue weighted by atomic mass is 10.3. The van der Waals surface area contributed by atoms with Crippen LogP contribution >= 0.6 is 15.9 Å². The van der Waals surface area contributed by atoms with Gasteiger partial charge in [-0.25, -0.2) is 4.79 Å². The Morgan fingerprint density at radius 2 is 1.89 bits per heavy atom. The second-order valence-corrected chi connectivity index (χ2v) is 4.53. The zero-order chi connectivity index (χ0) is 13.7. The van der Waals surface area contributed by atoms with Crippen molar-refractivity contribution in [2.24, 2.45) is 0 Å². The van der Waals surface area contributed by atoms with Gasteiger partial charge in [0.05, 0.1) is 11.6 Å². The third kappa shape index (κ3) is 3.72. The van der Waals surface area contributed by atoms with Gasteiger partial charge in [0.2, 0.25) is 0 Å². The first-order valence-electron chi connectivity index (χ1n) is 5.56. The molecule has 5 heteroatoms. The Morgan fingerprint density at radius 1 is 1.16 bits per heavy atom. The monoisotopic (exact) mass is 321 g/mol. The molecule has 0 aliphatic rings. The van der Waals surface area contributed by atoms with Crippen LogP contribution in [0.2, 0.25) is 0 Å². The van der Waals surface area contributed by atoms with Crippen LogP contribution in [0.15, 0.2) is 53.0 Å². The van der Waals surface area contributed by atoms with E-state index < -0.39 is 6.09 Å². The second-order valence-electron chi connectivity index (χ2n) is 3.68. The molecule has 2 aromatic rings. The van der Waals surface area contributed by atoms with Crippen molar-refractivity contribution < 1.29 is 14.3 Å². The molecule has 0 unspecified atom stereocenters.